The van der Waals surface area contributed by atoms with Crippen LogP contribution in [0.25, 0.3) is 0 Å². The van der Waals surface area contributed by atoms with Crippen molar-refractivity contribution in [1.82, 2.24) is 19.7 Å². The third-order valence-electron chi connectivity index (χ3n) is 7.19. The molecule has 2 atom stereocenters. The van der Waals surface area contributed by atoms with Crippen LogP contribution in [0.1, 0.15) is 46.0 Å². The molecule has 0 spiro atoms. The molecule has 0 saturated carbocycles. The molecule has 0 aliphatic carbocycles. The minimum absolute atomic E-state index is 0.111. The van der Waals surface area contributed by atoms with Crippen LogP contribution in [-0.4, -0.2) is 90.0 Å². The molecule has 6 nitrogen and oxygen atoms in total. The highest BCUT2D eigenvalue weighted by molar-refractivity contribution is 5.82. The van der Waals surface area contributed by atoms with E-state index >= 15 is 0 Å². The number of rotatable bonds is 5. The summed E-state index contributed by atoms with van der Waals surface area (Å²) in [6.45, 7) is 12.8. The van der Waals surface area contributed by atoms with Crippen molar-refractivity contribution >= 4 is 11.7 Å². The predicted octanol–water partition coefficient (Wildman–Crippen LogP) is 2.71. The van der Waals surface area contributed by atoms with Crippen molar-refractivity contribution in [2.24, 2.45) is 5.92 Å². The van der Waals surface area contributed by atoms with Gasteiger partial charge in [0.15, 0.2) is 0 Å². The Morgan fingerprint density at radius 3 is 2.60 bits per heavy atom. The third kappa shape index (κ3) is 5.14. The van der Waals surface area contributed by atoms with E-state index in [-0.39, 0.29) is 6.04 Å². The molecule has 166 valence electrons. The fraction of sp³-hybridized carbons (Fsp3) is 0.750. The van der Waals surface area contributed by atoms with Crippen LogP contribution < -0.4 is 4.90 Å². The Kier molecular flexibility index (Phi) is 7.26. The van der Waals surface area contributed by atoms with Gasteiger partial charge in [0, 0.05) is 58.1 Å². The molecule has 3 aliphatic heterocycles. The first-order valence-corrected chi connectivity index (χ1v) is 12.0. The van der Waals surface area contributed by atoms with Crippen molar-refractivity contribution in [3.05, 3.63) is 24.4 Å². The zero-order chi connectivity index (χ0) is 20.9. The van der Waals surface area contributed by atoms with E-state index in [9.17, 15) is 4.79 Å². The number of hydrogen-bond acceptors (Lipinski definition) is 5. The highest BCUT2D eigenvalue weighted by Crippen LogP contribution is 2.25. The summed E-state index contributed by atoms with van der Waals surface area (Å²) >= 11 is 0. The molecule has 0 radical (unpaired) electrons. The summed E-state index contributed by atoms with van der Waals surface area (Å²) in [7, 11) is 0. The maximum absolute atomic E-state index is 13.4. The molecule has 1 amide bonds. The van der Waals surface area contributed by atoms with Crippen LogP contribution in [-0.2, 0) is 4.79 Å². The van der Waals surface area contributed by atoms with Gasteiger partial charge in [-0.2, -0.15) is 0 Å². The second-order valence-electron chi connectivity index (χ2n) is 9.61. The first kappa shape index (κ1) is 21.6. The number of hydrogen-bond donors (Lipinski definition) is 0. The van der Waals surface area contributed by atoms with Gasteiger partial charge in [0.2, 0.25) is 5.91 Å². The summed E-state index contributed by atoms with van der Waals surface area (Å²) in [5.74, 6) is 2.10. The Balaban J connectivity index is 1.28. The van der Waals surface area contributed by atoms with E-state index in [1.165, 1.54) is 19.3 Å². The Labute approximate surface area is 182 Å². The summed E-state index contributed by atoms with van der Waals surface area (Å²) in [6, 6.07) is 6.71. The number of likely N-dealkylation sites (tertiary alicyclic amines) is 2. The maximum atomic E-state index is 13.4. The molecule has 4 heterocycles. The fourth-order valence-electron chi connectivity index (χ4n) is 5.53. The van der Waals surface area contributed by atoms with Crippen molar-refractivity contribution in [3.8, 4) is 0 Å². The van der Waals surface area contributed by atoms with Crippen molar-refractivity contribution < 1.29 is 4.79 Å². The zero-order valence-corrected chi connectivity index (χ0v) is 18.9. The summed E-state index contributed by atoms with van der Waals surface area (Å²) in [6.07, 6.45) is 7.74. The topological polar surface area (TPSA) is 42.9 Å². The van der Waals surface area contributed by atoms with Crippen LogP contribution in [0.5, 0.6) is 0 Å². The average Bonchev–Trinajstić information content (AvgIpc) is 2.80. The maximum Gasteiger partial charge on any atom is 0.239 e. The van der Waals surface area contributed by atoms with Gasteiger partial charge >= 0.3 is 0 Å². The zero-order valence-electron chi connectivity index (χ0n) is 18.9. The van der Waals surface area contributed by atoms with Gasteiger partial charge in [-0.05, 0) is 64.1 Å². The van der Waals surface area contributed by atoms with E-state index in [0.717, 1.165) is 71.0 Å². The minimum Gasteiger partial charge on any atom is -0.354 e. The smallest absolute Gasteiger partial charge is 0.239 e. The van der Waals surface area contributed by atoms with E-state index < -0.39 is 0 Å². The van der Waals surface area contributed by atoms with Gasteiger partial charge in [-0.25, -0.2) is 4.98 Å². The van der Waals surface area contributed by atoms with Crippen molar-refractivity contribution in [2.75, 3.05) is 57.3 Å². The molecule has 0 aromatic carbocycles. The van der Waals surface area contributed by atoms with Crippen LogP contribution >= 0.6 is 0 Å². The summed E-state index contributed by atoms with van der Waals surface area (Å²) < 4.78 is 0. The molecule has 30 heavy (non-hydrogen) atoms. The first-order chi connectivity index (χ1) is 14.6. The summed E-state index contributed by atoms with van der Waals surface area (Å²) in [5, 5.41) is 0. The Hall–Kier alpha value is -1.66. The number of carbonyl (C=O) groups excluding carboxylic acids is 1. The SMILES string of the molecule is CC(C)N1CCCCC1C(=O)N1CCCC(CN2CCN(c3ccccn3)CC2)C1. The number of aromatic nitrogens is 1. The number of anilines is 1. The first-order valence-electron chi connectivity index (χ1n) is 12.0. The van der Waals surface area contributed by atoms with Gasteiger partial charge in [0.05, 0.1) is 6.04 Å². The average molecular weight is 414 g/mol. The quantitative estimate of drug-likeness (QED) is 0.743. The lowest BCUT2D eigenvalue weighted by molar-refractivity contribution is -0.141. The molecule has 3 aliphatic rings. The van der Waals surface area contributed by atoms with Gasteiger partial charge in [0.25, 0.3) is 0 Å². The summed E-state index contributed by atoms with van der Waals surface area (Å²) in [5.41, 5.74) is 0. The lowest BCUT2D eigenvalue weighted by Gasteiger charge is -2.43. The van der Waals surface area contributed by atoms with Crippen LogP contribution in [0.2, 0.25) is 0 Å². The highest BCUT2D eigenvalue weighted by atomic mass is 16.2. The molecule has 3 saturated heterocycles. The van der Waals surface area contributed by atoms with E-state index in [1.807, 2.05) is 12.3 Å². The van der Waals surface area contributed by atoms with E-state index in [2.05, 4.69) is 50.6 Å². The van der Waals surface area contributed by atoms with Crippen LogP contribution in [0.4, 0.5) is 5.82 Å². The fourth-order valence-corrected chi connectivity index (χ4v) is 5.53. The molecule has 0 bridgehead atoms. The normalized spacial score (nSPS) is 26.9. The molecule has 3 fully saturated rings. The Bertz CT molecular complexity index is 673. The third-order valence-corrected chi connectivity index (χ3v) is 7.19. The number of amides is 1. The minimum atomic E-state index is 0.111. The lowest BCUT2D eigenvalue weighted by Crippen LogP contribution is -2.56. The van der Waals surface area contributed by atoms with Gasteiger partial charge in [-0.15, -0.1) is 0 Å². The van der Waals surface area contributed by atoms with Gasteiger partial charge in [0.1, 0.15) is 5.82 Å². The van der Waals surface area contributed by atoms with Crippen LogP contribution in [0.15, 0.2) is 24.4 Å². The number of nitrogens with zero attached hydrogens (tertiary/aromatic N) is 5. The van der Waals surface area contributed by atoms with E-state index in [1.54, 1.807) is 0 Å². The largest absolute Gasteiger partial charge is 0.354 e. The summed E-state index contributed by atoms with van der Waals surface area (Å²) in [4.78, 5) is 27.5. The molecular formula is C24H39N5O. The number of piperazine rings is 1. The molecule has 1 aromatic rings. The van der Waals surface area contributed by atoms with Crippen molar-refractivity contribution in [2.45, 2.75) is 58.0 Å². The molecule has 4 rings (SSSR count). The predicted molar refractivity (Wildman–Crippen MR) is 122 cm³/mol. The monoisotopic (exact) mass is 413 g/mol. The number of piperidine rings is 2. The van der Waals surface area contributed by atoms with Gasteiger partial charge in [-0.1, -0.05) is 12.5 Å². The molecule has 1 aromatic heterocycles. The van der Waals surface area contributed by atoms with Crippen molar-refractivity contribution in [1.29, 1.82) is 0 Å². The second-order valence-corrected chi connectivity index (χ2v) is 9.61. The molecular weight excluding hydrogens is 374 g/mol. The Morgan fingerprint density at radius 1 is 1.03 bits per heavy atom. The number of carbonyl (C=O) groups is 1. The van der Waals surface area contributed by atoms with E-state index in [0.29, 0.717) is 17.9 Å². The van der Waals surface area contributed by atoms with Crippen molar-refractivity contribution in [3.63, 3.8) is 0 Å². The molecule has 2 unspecified atom stereocenters. The molecule has 0 N–H and O–H groups in total. The molecule has 6 heteroatoms. The number of pyridine rings is 1. The standard InChI is InChI=1S/C24H39N5O/c1-20(2)29-13-6-4-9-22(29)24(30)28-12-7-8-21(19-28)18-26-14-16-27(17-15-26)23-10-3-5-11-25-23/h3,5,10-11,20-22H,4,6-9,12-19H2,1-2H3. The van der Waals surface area contributed by atoms with Gasteiger partial charge < -0.3 is 9.80 Å². The highest BCUT2D eigenvalue weighted by Gasteiger charge is 2.35. The van der Waals surface area contributed by atoms with Crippen LogP contribution in [0.3, 0.4) is 0 Å². The van der Waals surface area contributed by atoms with Crippen LogP contribution in [0, 0.1) is 5.92 Å². The Morgan fingerprint density at radius 2 is 1.87 bits per heavy atom. The van der Waals surface area contributed by atoms with Gasteiger partial charge in [-0.3, -0.25) is 14.6 Å². The second kappa shape index (κ2) is 10.1. The lowest BCUT2D eigenvalue weighted by atomic mass is 9.94. The van der Waals surface area contributed by atoms with E-state index in [4.69, 9.17) is 0 Å².